The molecular weight excluding hydrogens is 220 g/mol. The molecule has 0 amide bonds. The number of hydrogen-bond donors (Lipinski definition) is 0. The molecule has 0 atom stereocenters. The van der Waals surface area contributed by atoms with Crippen LogP contribution in [0.3, 0.4) is 0 Å². The Balaban J connectivity index is 2.94. The number of hydrogen-bond acceptors (Lipinski definition) is 4. The summed E-state index contributed by atoms with van der Waals surface area (Å²) < 4.78 is 9.09. The molecule has 1 rings (SSSR count). The predicted molar refractivity (Wildman–Crippen MR) is 53.6 cm³/mol. The van der Waals surface area contributed by atoms with Gasteiger partial charge in [0.1, 0.15) is 6.61 Å². The Morgan fingerprint density at radius 2 is 2.20 bits per heavy atom. The van der Waals surface area contributed by atoms with Crippen molar-refractivity contribution in [2.24, 2.45) is 0 Å². The molecule has 1 aromatic carbocycles. The van der Waals surface area contributed by atoms with E-state index in [0.717, 1.165) is 0 Å². The molecule has 0 heterocycles. The summed E-state index contributed by atoms with van der Waals surface area (Å²) in [6.45, 7) is 0.409. The van der Waals surface area contributed by atoms with E-state index >= 15 is 0 Å². The number of ether oxygens (including phenoxy) is 2. The van der Waals surface area contributed by atoms with Crippen molar-refractivity contribution in [3.63, 3.8) is 0 Å². The number of rotatable bonds is 4. The Kier molecular flexibility index (Phi) is 4.12. The summed E-state index contributed by atoms with van der Waals surface area (Å²) in [4.78, 5) is 21.2. The molecule has 0 N–H and O–H groups in total. The standard InChI is InChI=1S/C10H9ClO4/c1-14-10(13)8-2-7(5-15-6-12)3-9(11)4-8/h2-4,6H,5H2,1H3. The summed E-state index contributed by atoms with van der Waals surface area (Å²) in [7, 11) is 1.28. The van der Waals surface area contributed by atoms with E-state index in [2.05, 4.69) is 9.47 Å². The van der Waals surface area contributed by atoms with Crippen LogP contribution in [0.25, 0.3) is 0 Å². The molecule has 0 aliphatic carbocycles. The molecule has 0 fully saturated rings. The van der Waals surface area contributed by atoms with E-state index in [9.17, 15) is 9.59 Å². The second kappa shape index (κ2) is 5.36. The monoisotopic (exact) mass is 228 g/mol. The van der Waals surface area contributed by atoms with Crippen LogP contribution in [0.2, 0.25) is 5.02 Å². The number of carbonyl (C=O) groups is 2. The zero-order chi connectivity index (χ0) is 11.3. The lowest BCUT2D eigenvalue weighted by atomic mass is 10.1. The Morgan fingerprint density at radius 3 is 2.80 bits per heavy atom. The lowest BCUT2D eigenvalue weighted by molar-refractivity contribution is -0.129. The van der Waals surface area contributed by atoms with Crippen LogP contribution < -0.4 is 0 Å². The van der Waals surface area contributed by atoms with Crippen molar-refractivity contribution in [3.8, 4) is 0 Å². The van der Waals surface area contributed by atoms with Crippen molar-refractivity contribution >= 4 is 24.0 Å². The van der Waals surface area contributed by atoms with Crippen LogP contribution in [-0.2, 0) is 20.9 Å². The van der Waals surface area contributed by atoms with Gasteiger partial charge in [-0.25, -0.2) is 4.79 Å². The van der Waals surface area contributed by atoms with Crippen LogP contribution >= 0.6 is 11.6 Å². The van der Waals surface area contributed by atoms with E-state index in [1.807, 2.05) is 0 Å². The summed E-state index contributed by atoms with van der Waals surface area (Å²) >= 11 is 5.78. The number of methoxy groups -OCH3 is 1. The molecule has 0 spiro atoms. The minimum Gasteiger partial charge on any atom is -0.465 e. The van der Waals surface area contributed by atoms with Crippen LogP contribution in [0, 0.1) is 0 Å². The Hall–Kier alpha value is -1.55. The van der Waals surface area contributed by atoms with Gasteiger partial charge in [-0.2, -0.15) is 0 Å². The molecule has 0 saturated carbocycles. The molecular formula is C10H9ClO4. The number of carbonyl (C=O) groups excluding carboxylic acids is 2. The van der Waals surface area contributed by atoms with Gasteiger partial charge in [0.25, 0.3) is 6.47 Å². The molecule has 0 unspecified atom stereocenters. The third-order valence-corrected chi connectivity index (χ3v) is 1.91. The normalized spacial score (nSPS) is 9.47. The van der Waals surface area contributed by atoms with Gasteiger partial charge < -0.3 is 9.47 Å². The third kappa shape index (κ3) is 3.25. The van der Waals surface area contributed by atoms with Crippen molar-refractivity contribution in [3.05, 3.63) is 34.3 Å². The third-order valence-electron chi connectivity index (χ3n) is 1.70. The van der Waals surface area contributed by atoms with Crippen LogP contribution in [0.4, 0.5) is 0 Å². The maximum Gasteiger partial charge on any atom is 0.337 e. The van der Waals surface area contributed by atoms with E-state index in [1.54, 1.807) is 12.1 Å². The SMILES string of the molecule is COC(=O)c1cc(Cl)cc(COC=O)c1. The average molecular weight is 229 g/mol. The first-order valence-electron chi connectivity index (χ1n) is 4.10. The lowest BCUT2D eigenvalue weighted by Crippen LogP contribution is -2.02. The molecule has 0 saturated heterocycles. The highest BCUT2D eigenvalue weighted by Crippen LogP contribution is 2.16. The van der Waals surface area contributed by atoms with E-state index in [1.165, 1.54) is 13.2 Å². The summed E-state index contributed by atoms with van der Waals surface area (Å²) in [5, 5.41) is 0.391. The Bertz CT molecular complexity index is 376. The van der Waals surface area contributed by atoms with Crippen molar-refractivity contribution < 1.29 is 19.1 Å². The molecule has 0 aliphatic heterocycles. The summed E-state index contributed by atoms with van der Waals surface area (Å²) in [6, 6.07) is 4.65. The van der Waals surface area contributed by atoms with Crippen molar-refractivity contribution in [2.45, 2.75) is 6.61 Å². The van der Waals surface area contributed by atoms with Gasteiger partial charge in [0.05, 0.1) is 12.7 Å². The quantitative estimate of drug-likeness (QED) is 0.583. The van der Waals surface area contributed by atoms with Crippen LogP contribution in [-0.4, -0.2) is 19.6 Å². The van der Waals surface area contributed by atoms with E-state index in [-0.39, 0.29) is 6.61 Å². The van der Waals surface area contributed by atoms with E-state index < -0.39 is 5.97 Å². The minimum absolute atomic E-state index is 0.0774. The first-order chi connectivity index (χ1) is 7.17. The maximum atomic E-state index is 11.2. The fourth-order valence-electron chi connectivity index (χ4n) is 1.10. The first kappa shape index (κ1) is 11.5. The van der Waals surface area contributed by atoms with Gasteiger partial charge in [-0.1, -0.05) is 11.6 Å². The van der Waals surface area contributed by atoms with Crippen LogP contribution in [0.15, 0.2) is 18.2 Å². The first-order valence-corrected chi connectivity index (χ1v) is 4.48. The van der Waals surface area contributed by atoms with Gasteiger partial charge >= 0.3 is 5.97 Å². The number of esters is 1. The Morgan fingerprint density at radius 1 is 1.47 bits per heavy atom. The molecule has 0 radical (unpaired) electrons. The molecule has 0 bridgehead atoms. The highest BCUT2D eigenvalue weighted by Gasteiger charge is 2.08. The highest BCUT2D eigenvalue weighted by atomic mass is 35.5. The molecule has 80 valence electrons. The van der Waals surface area contributed by atoms with Gasteiger partial charge in [-0.15, -0.1) is 0 Å². The van der Waals surface area contributed by atoms with E-state index in [4.69, 9.17) is 11.6 Å². The van der Waals surface area contributed by atoms with Crippen molar-refractivity contribution in [2.75, 3.05) is 7.11 Å². The Labute approximate surface area is 91.7 Å². The van der Waals surface area contributed by atoms with Gasteiger partial charge in [-0.3, -0.25) is 4.79 Å². The zero-order valence-corrected chi connectivity index (χ0v) is 8.78. The van der Waals surface area contributed by atoms with Gasteiger partial charge in [0, 0.05) is 5.02 Å². The van der Waals surface area contributed by atoms with Crippen molar-refractivity contribution in [1.29, 1.82) is 0 Å². The van der Waals surface area contributed by atoms with Gasteiger partial charge in [-0.05, 0) is 23.8 Å². The lowest BCUT2D eigenvalue weighted by Gasteiger charge is -2.04. The van der Waals surface area contributed by atoms with Crippen LogP contribution in [0.5, 0.6) is 0 Å². The van der Waals surface area contributed by atoms with Gasteiger partial charge in [0.2, 0.25) is 0 Å². The van der Waals surface area contributed by atoms with E-state index in [0.29, 0.717) is 22.6 Å². The maximum absolute atomic E-state index is 11.2. The highest BCUT2D eigenvalue weighted by molar-refractivity contribution is 6.31. The molecule has 0 aromatic heterocycles. The van der Waals surface area contributed by atoms with Crippen molar-refractivity contribution in [1.82, 2.24) is 0 Å². The molecule has 5 heteroatoms. The molecule has 4 nitrogen and oxygen atoms in total. The molecule has 15 heavy (non-hydrogen) atoms. The summed E-state index contributed by atoms with van der Waals surface area (Å²) in [6.07, 6.45) is 0. The minimum atomic E-state index is -0.482. The summed E-state index contributed by atoms with van der Waals surface area (Å²) in [5.41, 5.74) is 0.962. The smallest absolute Gasteiger partial charge is 0.337 e. The second-order valence-corrected chi connectivity index (χ2v) is 3.18. The molecule has 0 aliphatic rings. The van der Waals surface area contributed by atoms with Crippen LogP contribution in [0.1, 0.15) is 15.9 Å². The average Bonchev–Trinajstić information content (AvgIpc) is 2.24. The summed E-state index contributed by atoms with van der Waals surface area (Å²) in [5.74, 6) is -0.482. The fraction of sp³-hybridized carbons (Fsp3) is 0.200. The largest absolute Gasteiger partial charge is 0.465 e. The topological polar surface area (TPSA) is 52.6 Å². The fourth-order valence-corrected chi connectivity index (χ4v) is 1.36. The zero-order valence-electron chi connectivity index (χ0n) is 8.03. The number of halogens is 1. The predicted octanol–water partition coefficient (Wildman–Crippen LogP) is 1.80. The van der Waals surface area contributed by atoms with Gasteiger partial charge in [0.15, 0.2) is 0 Å². The number of benzene rings is 1. The molecule has 1 aromatic rings. The second-order valence-electron chi connectivity index (χ2n) is 2.75.